The van der Waals surface area contributed by atoms with Crippen molar-refractivity contribution in [2.45, 2.75) is 56.0 Å². The van der Waals surface area contributed by atoms with Crippen molar-refractivity contribution in [2.75, 3.05) is 5.75 Å². The molecule has 1 aromatic rings. The summed E-state index contributed by atoms with van der Waals surface area (Å²) in [6, 6.07) is 5.06. The molecule has 3 rings (SSSR count). The molecule has 1 heterocycles. The van der Waals surface area contributed by atoms with Gasteiger partial charge in [0.05, 0.1) is 10.6 Å². The van der Waals surface area contributed by atoms with Gasteiger partial charge in [-0.3, -0.25) is 4.79 Å². The Labute approximate surface area is 147 Å². The van der Waals surface area contributed by atoms with Gasteiger partial charge < -0.3 is 10.0 Å². The number of hydrogen-bond acceptors (Lipinski definition) is 4. The zero-order valence-electron chi connectivity index (χ0n) is 14.2. The van der Waals surface area contributed by atoms with Gasteiger partial charge in [0, 0.05) is 11.6 Å². The Morgan fingerprint density at radius 1 is 1.24 bits per heavy atom. The molecular weight excluding hydrogens is 342 g/mol. The van der Waals surface area contributed by atoms with Gasteiger partial charge >= 0.3 is 5.97 Å². The van der Waals surface area contributed by atoms with E-state index in [9.17, 15) is 23.1 Å². The maximum atomic E-state index is 13.1. The lowest BCUT2D eigenvalue weighted by Crippen LogP contribution is -2.46. The fraction of sp³-hybridized carbons (Fsp3) is 0.556. The molecule has 1 aliphatic heterocycles. The molecule has 0 bridgehead atoms. The normalized spacial score (nSPS) is 26.3. The third kappa shape index (κ3) is 3.29. The first-order valence-corrected chi connectivity index (χ1v) is 10.4. The number of likely N-dealkylation sites (tertiary alicyclic amines) is 1. The molecule has 6 nitrogen and oxygen atoms in total. The monoisotopic (exact) mass is 365 g/mol. The third-order valence-corrected chi connectivity index (χ3v) is 7.16. The molecule has 0 spiro atoms. The van der Waals surface area contributed by atoms with Crippen LogP contribution in [0.25, 0.3) is 0 Å². The molecule has 1 amide bonds. The van der Waals surface area contributed by atoms with E-state index in [0.717, 1.165) is 25.7 Å². The van der Waals surface area contributed by atoms with Crippen LogP contribution < -0.4 is 0 Å². The van der Waals surface area contributed by atoms with Crippen molar-refractivity contribution in [3.63, 3.8) is 0 Å². The van der Waals surface area contributed by atoms with Gasteiger partial charge in [0.2, 0.25) is 0 Å². The summed E-state index contributed by atoms with van der Waals surface area (Å²) in [5, 5.41) is 9.56. The second-order valence-electron chi connectivity index (χ2n) is 6.85. The van der Waals surface area contributed by atoms with E-state index in [1.807, 2.05) is 0 Å². The van der Waals surface area contributed by atoms with Crippen LogP contribution in [0.1, 0.15) is 49.4 Å². The van der Waals surface area contributed by atoms with Crippen LogP contribution in [-0.2, 0) is 14.6 Å². The van der Waals surface area contributed by atoms with Crippen molar-refractivity contribution in [3.05, 3.63) is 29.8 Å². The van der Waals surface area contributed by atoms with Crippen LogP contribution in [0.4, 0.5) is 0 Å². The highest BCUT2D eigenvalue weighted by Gasteiger charge is 2.47. The number of aliphatic carboxylic acids is 1. The molecule has 2 fully saturated rings. The smallest absolute Gasteiger partial charge is 0.326 e. The van der Waals surface area contributed by atoms with E-state index in [-0.39, 0.29) is 34.1 Å². The molecule has 136 valence electrons. The topological polar surface area (TPSA) is 91.8 Å². The second kappa shape index (κ2) is 6.78. The Kier molecular flexibility index (Phi) is 4.86. The van der Waals surface area contributed by atoms with Crippen molar-refractivity contribution in [2.24, 2.45) is 5.92 Å². The second-order valence-corrected chi connectivity index (χ2v) is 9.12. The molecule has 1 saturated heterocycles. The minimum absolute atomic E-state index is 0.0448. The van der Waals surface area contributed by atoms with Crippen LogP contribution in [-0.4, -0.2) is 48.1 Å². The van der Waals surface area contributed by atoms with Crippen LogP contribution in [0.5, 0.6) is 0 Å². The lowest BCUT2D eigenvalue weighted by Gasteiger charge is -2.33. The van der Waals surface area contributed by atoms with Crippen molar-refractivity contribution in [3.8, 4) is 0 Å². The summed E-state index contributed by atoms with van der Waals surface area (Å²) in [6.45, 7) is 1.55. The standard InChI is InChI=1S/C18H23NO5S/c1-2-25(23,24)14-8-5-7-13(10-14)17(20)19-15-9-4-3-6-12(15)11-16(19)18(21)22/h5,7-8,10,12,15-16H,2-4,6,9,11H2,1H3,(H,21,22). The molecule has 7 heteroatoms. The summed E-state index contributed by atoms with van der Waals surface area (Å²) in [4.78, 5) is 26.3. The van der Waals surface area contributed by atoms with Crippen LogP contribution >= 0.6 is 0 Å². The summed E-state index contributed by atoms with van der Waals surface area (Å²) in [7, 11) is -3.42. The summed E-state index contributed by atoms with van der Waals surface area (Å²) >= 11 is 0. The lowest BCUT2D eigenvalue weighted by molar-refractivity contribution is -0.141. The molecule has 1 saturated carbocycles. The summed E-state index contributed by atoms with van der Waals surface area (Å²) in [5.74, 6) is -1.19. The van der Waals surface area contributed by atoms with E-state index in [1.165, 1.54) is 17.0 Å². The van der Waals surface area contributed by atoms with Gasteiger partial charge in [-0.15, -0.1) is 0 Å². The number of hydrogen-bond donors (Lipinski definition) is 1. The number of nitrogens with zero attached hydrogens (tertiary/aromatic N) is 1. The molecule has 3 unspecified atom stereocenters. The quantitative estimate of drug-likeness (QED) is 0.884. The van der Waals surface area contributed by atoms with Crippen molar-refractivity contribution >= 4 is 21.7 Å². The first-order chi connectivity index (χ1) is 11.8. The number of sulfone groups is 1. The number of carbonyl (C=O) groups is 2. The van der Waals surface area contributed by atoms with Gasteiger partial charge in [0.15, 0.2) is 9.84 Å². The van der Waals surface area contributed by atoms with Gasteiger partial charge in [0.1, 0.15) is 6.04 Å². The Balaban J connectivity index is 1.96. The summed E-state index contributed by atoms with van der Waals surface area (Å²) in [6.07, 6.45) is 4.30. The van der Waals surface area contributed by atoms with Crippen molar-refractivity contribution in [1.29, 1.82) is 0 Å². The third-order valence-electron chi connectivity index (χ3n) is 5.43. The average Bonchev–Trinajstić information content (AvgIpc) is 3.01. The highest BCUT2D eigenvalue weighted by molar-refractivity contribution is 7.91. The molecule has 0 radical (unpaired) electrons. The Morgan fingerprint density at radius 2 is 1.96 bits per heavy atom. The van der Waals surface area contributed by atoms with E-state index in [2.05, 4.69) is 0 Å². The minimum Gasteiger partial charge on any atom is -0.480 e. The first kappa shape index (κ1) is 17.9. The van der Waals surface area contributed by atoms with Gasteiger partial charge in [0.25, 0.3) is 5.91 Å². The number of carboxylic acid groups (broad SMARTS) is 1. The van der Waals surface area contributed by atoms with E-state index in [0.29, 0.717) is 6.42 Å². The van der Waals surface area contributed by atoms with Gasteiger partial charge in [-0.2, -0.15) is 0 Å². The van der Waals surface area contributed by atoms with Crippen LogP contribution in [0.3, 0.4) is 0 Å². The van der Waals surface area contributed by atoms with E-state index >= 15 is 0 Å². The maximum Gasteiger partial charge on any atom is 0.326 e. The number of carboxylic acids is 1. The van der Waals surface area contributed by atoms with E-state index in [1.54, 1.807) is 19.1 Å². The number of amides is 1. The van der Waals surface area contributed by atoms with Crippen molar-refractivity contribution < 1.29 is 23.1 Å². The predicted octanol–water partition coefficient (Wildman–Crippen LogP) is 2.34. The number of carbonyl (C=O) groups excluding carboxylic acids is 1. The lowest BCUT2D eigenvalue weighted by atomic mass is 9.84. The SMILES string of the molecule is CCS(=O)(=O)c1cccc(C(=O)N2C(C(=O)O)CC3CCCCC32)c1. The fourth-order valence-corrected chi connectivity index (χ4v) is 5.04. The zero-order valence-corrected chi connectivity index (χ0v) is 15.0. The van der Waals surface area contributed by atoms with Gasteiger partial charge in [-0.05, 0) is 43.4 Å². The Bertz CT molecular complexity index is 788. The van der Waals surface area contributed by atoms with Crippen LogP contribution in [0, 0.1) is 5.92 Å². The molecular formula is C18H23NO5S. The minimum atomic E-state index is -3.42. The van der Waals surface area contributed by atoms with Gasteiger partial charge in [-0.1, -0.05) is 25.8 Å². The summed E-state index contributed by atoms with van der Waals surface area (Å²) in [5.41, 5.74) is 0.243. The molecule has 1 N–H and O–H groups in total. The molecule has 1 aromatic carbocycles. The largest absolute Gasteiger partial charge is 0.480 e. The van der Waals surface area contributed by atoms with Crippen LogP contribution in [0.2, 0.25) is 0 Å². The molecule has 3 atom stereocenters. The molecule has 0 aromatic heterocycles. The zero-order chi connectivity index (χ0) is 18.2. The molecule has 25 heavy (non-hydrogen) atoms. The summed E-state index contributed by atoms with van der Waals surface area (Å²) < 4.78 is 24.2. The first-order valence-electron chi connectivity index (χ1n) is 8.73. The molecule has 2 aliphatic rings. The highest BCUT2D eigenvalue weighted by Crippen LogP contribution is 2.40. The van der Waals surface area contributed by atoms with Gasteiger partial charge in [-0.25, -0.2) is 13.2 Å². The number of rotatable bonds is 4. The molecule has 1 aliphatic carbocycles. The average molecular weight is 365 g/mol. The van der Waals surface area contributed by atoms with E-state index < -0.39 is 21.8 Å². The Hall–Kier alpha value is -1.89. The number of fused-ring (bicyclic) bond motifs is 1. The predicted molar refractivity (Wildman–Crippen MR) is 92.1 cm³/mol. The van der Waals surface area contributed by atoms with Crippen molar-refractivity contribution in [1.82, 2.24) is 4.90 Å². The van der Waals surface area contributed by atoms with Crippen LogP contribution in [0.15, 0.2) is 29.2 Å². The Morgan fingerprint density at radius 3 is 2.64 bits per heavy atom. The fourth-order valence-electron chi connectivity index (χ4n) is 4.11. The number of benzene rings is 1. The van der Waals surface area contributed by atoms with E-state index in [4.69, 9.17) is 0 Å². The maximum absolute atomic E-state index is 13.1. The highest BCUT2D eigenvalue weighted by atomic mass is 32.2.